The lowest BCUT2D eigenvalue weighted by Gasteiger charge is -2.43. The molecule has 2 aromatic heterocycles. The average Bonchev–Trinajstić information content (AvgIpc) is 3.22. The molecule has 5 nitrogen and oxygen atoms in total. The number of piperidine rings is 1. The molecule has 0 spiro atoms. The topological polar surface area (TPSA) is 47.5 Å². The van der Waals surface area contributed by atoms with Crippen molar-refractivity contribution in [2.45, 2.75) is 39.0 Å². The van der Waals surface area contributed by atoms with E-state index in [0.29, 0.717) is 12.7 Å². The third-order valence-corrected chi connectivity index (χ3v) is 6.36. The number of likely N-dealkylation sites (tertiary alicyclic amines) is 1. The Balaban J connectivity index is 1.39. The summed E-state index contributed by atoms with van der Waals surface area (Å²) in [5.74, 6) is 0. The largest absolute Gasteiger partial charge is 0.377 e. The van der Waals surface area contributed by atoms with Crippen molar-refractivity contribution in [1.29, 1.82) is 0 Å². The van der Waals surface area contributed by atoms with Crippen LogP contribution in [0.1, 0.15) is 29.0 Å². The van der Waals surface area contributed by atoms with Crippen molar-refractivity contribution in [1.82, 2.24) is 14.9 Å². The second-order valence-corrected chi connectivity index (χ2v) is 8.13. The van der Waals surface area contributed by atoms with E-state index in [4.69, 9.17) is 9.47 Å². The van der Waals surface area contributed by atoms with Crippen molar-refractivity contribution >= 4 is 11.3 Å². The second kappa shape index (κ2) is 7.50. The van der Waals surface area contributed by atoms with Crippen LogP contribution >= 0.6 is 11.3 Å². The highest BCUT2D eigenvalue weighted by Crippen LogP contribution is 2.41. The van der Waals surface area contributed by atoms with E-state index in [0.717, 1.165) is 56.9 Å². The van der Waals surface area contributed by atoms with Crippen molar-refractivity contribution in [3.05, 3.63) is 46.2 Å². The van der Waals surface area contributed by atoms with Gasteiger partial charge in [0.2, 0.25) is 0 Å². The van der Waals surface area contributed by atoms with Crippen LogP contribution in [0.2, 0.25) is 0 Å². The van der Waals surface area contributed by atoms with Crippen LogP contribution in [0.15, 0.2) is 30.0 Å². The minimum atomic E-state index is 0.124. The molecule has 4 heterocycles. The fourth-order valence-corrected chi connectivity index (χ4v) is 4.84. The molecule has 0 bridgehead atoms. The molecular weight excluding hydrogens is 334 g/mol. The summed E-state index contributed by atoms with van der Waals surface area (Å²) in [5.41, 5.74) is 4.36. The van der Waals surface area contributed by atoms with Crippen LogP contribution in [0.3, 0.4) is 0 Å². The van der Waals surface area contributed by atoms with Gasteiger partial charge in [0, 0.05) is 48.9 Å². The molecule has 0 amide bonds. The summed E-state index contributed by atoms with van der Waals surface area (Å²) in [7, 11) is 0. The molecule has 0 radical (unpaired) electrons. The third-order valence-electron chi connectivity index (χ3n) is 5.44. The summed E-state index contributed by atoms with van der Waals surface area (Å²) in [4.78, 5) is 12.5. The molecule has 0 N–H and O–H groups in total. The van der Waals surface area contributed by atoms with Crippen LogP contribution in [0.4, 0.5) is 0 Å². The number of nitrogens with zero attached hydrogens (tertiary/aromatic N) is 3. The smallest absolute Gasteiger partial charge is 0.0798 e. The predicted molar refractivity (Wildman–Crippen MR) is 97.4 cm³/mol. The average molecular weight is 359 g/mol. The number of hydrogen-bond acceptors (Lipinski definition) is 6. The van der Waals surface area contributed by atoms with Crippen molar-refractivity contribution in [2.24, 2.45) is 5.41 Å². The van der Waals surface area contributed by atoms with Crippen LogP contribution in [0, 0.1) is 12.3 Å². The molecule has 0 aromatic carbocycles. The van der Waals surface area contributed by atoms with E-state index in [-0.39, 0.29) is 5.41 Å². The Bertz CT molecular complexity index is 693. The van der Waals surface area contributed by atoms with E-state index in [2.05, 4.69) is 27.9 Å². The monoisotopic (exact) mass is 359 g/mol. The van der Waals surface area contributed by atoms with Gasteiger partial charge in [0.25, 0.3) is 0 Å². The van der Waals surface area contributed by atoms with Crippen LogP contribution < -0.4 is 0 Å². The maximum Gasteiger partial charge on any atom is 0.0798 e. The third kappa shape index (κ3) is 3.77. The number of rotatable bonds is 6. The molecule has 2 aliphatic rings. The Hall–Kier alpha value is -1.34. The Morgan fingerprint density at radius 2 is 2.44 bits per heavy atom. The van der Waals surface area contributed by atoms with Gasteiger partial charge in [-0.25, -0.2) is 4.98 Å². The van der Waals surface area contributed by atoms with Crippen molar-refractivity contribution in [2.75, 3.05) is 26.3 Å². The van der Waals surface area contributed by atoms with Gasteiger partial charge in [0.1, 0.15) is 0 Å². The van der Waals surface area contributed by atoms with E-state index >= 15 is 0 Å². The number of aromatic nitrogens is 2. The first-order valence-electron chi connectivity index (χ1n) is 8.95. The summed E-state index contributed by atoms with van der Waals surface area (Å²) >= 11 is 1.76. The normalized spacial score (nSPS) is 26.7. The molecular formula is C19H25N3O2S. The van der Waals surface area contributed by atoms with Crippen LogP contribution in [0.25, 0.3) is 0 Å². The van der Waals surface area contributed by atoms with Crippen molar-refractivity contribution in [3.8, 4) is 0 Å². The van der Waals surface area contributed by atoms with Crippen LogP contribution in [-0.4, -0.2) is 47.3 Å². The molecule has 25 heavy (non-hydrogen) atoms. The number of hydrogen-bond donors (Lipinski definition) is 0. The Kier molecular flexibility index (Phi) is 5.12. The Labute approximate surface area is 153 Å². The highest BCUT2D eigenvalue weighted by Gasteiger charge is 2.48. The highest BCUT2D eigenvalue weighted by molar-refractivity contribution is 7.09. The van der Waals surface area contributed by atoms with Gasteiger partial charge in [-0.2, -0.15) is 0 Å². The molecule has 2 aliphatic heterocycles. The first-order valence-corrected chi connectivity index (χ1v) is 9.83. The molecule has 134 valence electrons. The van der Waals surface area contributed by atoms with Gasteiger partial charge in [-0.1, -0.05) is 6.07 Å². The predicted octanol–water partition coefficient (Wildman–Crippen LogP) is 3.04. The SMILES string of the molecule is Cc1ncsc1CN1CC[C@H]2OCC[C@@]2(COCc2cccnc2)C1. The molecule has 0 unspecified atom stereocenters. The maximum atomic E-state index is 6.11. The quantitative estimate of drug-likeness (QED) is 0.793. The zero-order chi connectivity index (χ0) is 17.1. The maximum absolute atomic E-state index is 6.11. The summed E-state index contributed by atoms with van der Waals surface area (Å²) in [6.45, 7) is 7.46. The molecule has 0 aliphatic carbocycles. The van der Waals surface area contributed by atoms with Gasteiger partial charge < -0.3 is 9.47 Å². The number of aryl methyl sites for hydroxylation is 1. The lowest BCUT2D eigenvalue weighted by atomic mass is 9.77. The Morgan fingerprint density at radius 1 is 1.48 bits per heavy atom. The van der Waals surface area contributed by atoms with E-state index in [1.165, 1.54) is 4.88 Å². The zero-order valence-electron chi connectivity index (χ0n) is 14.7. The van der Waals surface area contributed by atoms with Gasteiger partial charge in [-0.15, -0.1) is 11.3 Å². The van der Waals surface area contributed by atoms with Crippen LogP contribution in [0.5, 0.6) is 0 Å². The van der Waals surface area contributed by atoms with Gasteiger partial charge in [0.05, 0.1) is 30.5 Å². The summed E-state index contributed by atoms with van der Waals surface area (Å²) in [6.07, 6.45) is 6.18. The van der Waals surface area contributed by atoms with Gasteiger partial charge >= 0.3 is 0 Å². The minimum Gasteiger partial charge on any atom is -0.377 e. The Morgan fingerprint density at radius 3 is 3.24 bits per heavy atom. The zero-order valence-corrected chi connectivity index (χ0v) is 15.5. The fraction of sp³-hybridized carbons (Fsp3) is 0.579. The van der Waals surface area contributed by atoms with Crippen molar-refractivity contribution < 1.29 is 9.47 Å². The number of ether oxygens (including phenoxy) is 2. The lowest BCUT2D eigenvalue weighted by Crippen LogP contribution is -2.51. The van der Waals surface area contributed by atoms with Gasteiger partial charge in [-0.3, -0.25) is 9.88 Å². The first-order chi connectivity index (χ1) is 12.3. The summed E-state index contributed by atoms with van der Waals surface area (Å²) < 4.78 is 12.2. The molecule has 6 heteroatoms. The molecule has 2 aromatic rings. The first kappa shape index (κ1) is 17.1. The molecule has 0 saturated carbocycles. The number of fused-ring (bicyclic) bond motifs is 1. The van der Waals surface area contributed by atoms with Gasteiger partial charge in [-0.05, 0) is 31.4 Å². The van der Waals surface area contributed by atoms with Crippen molar-refractivity contribution in [3.63, 3.8) is 0 Å². The summed E-state index contributed by atoms with van der Waals surface area (Å²) in [6, 6.07) is 4.02. The van der Waals surface area contributed by atoms with E-state index in [1.807, 2.05) is 17.8 Å². The van der Waals surface area contributed by atoms with E-state index < -0.39 is 0 Å². The molecule has 2 fully saturated rings. The van der Waals surface area contributed by atoms with Gasteiger partial charge in [0.15, 0.2) is 0 Å². The molecule has 4 rings (SSSR count). The lowest BCUT2D eigenvalue weighted by molar-refractivity contribution is -0.0684. The highest BCUT2D eigenvalue weighted by atomic mass is 32.1. The summed E-state index contributed by atoms with van der Waals surface area (Å²) in [5, 5.41) is 0. The molecule has 2 saturated heterocycles. The minimum absolute atomic E-state index is 0.124. The standard InChI is InChI=1S/C19H25N3O2S/c1-15-17(25-14-21-15)10-22-7-4-18-19(12-22,5-8-24-18)13-23-11-16-3-2-6-20-9-16/h2-3,6,9,14,18H,4-5,7-8,10-13H2,1H3/t18-,19+/m1/s1. The number of pyridine rings is 1. The van der Waals surface area contributed by atoms with E-state index in [9.17, 15) is 0 Å². The van der Waals surface area contributed by atoms with Crippen LogP contribution in [-0.2, 0) is 22.6 Å². The number of thiazole rings is 1. The molecule has 2 atom stereocenters. The van der Waals surface area contributed by atoms with E-state index in [1.54, 1.807) is 17.5 Å². The fourth-order valence-electron chi connectivity index (χ4n) is 4.02. The second-order valence-electron chi connectivity index (χ2n) is 7.19.